The number of hydrogen-bond acceptors (Lipinski definition) is 5. The smallest absolute Gasteiger partial charge is 0.242 e. The zero-order chi connectivity index (χ0) is 25.3. The van der Waals surface area contributed by atoms with E-state index < -0.39 is 16.1 Å². The fraction of sp³-hybridized carbons (Fsp3) is 0.417. The van der Waals surface area contributed by atoms with Crippen LogP contribution in [0.4, 0.5) is 5.69 Å². The van der Waals surface area contributed by atoms with Crippen LogP contribution in [0.3, 0.4) is 0 Å². The second-order valence-corrected chi connectivity index (χ2v) is 10.7. The molecule has 0 saturated carbocycles. The van der Waals surface area contributed by atoms with Gasteiger partial charge in [0.05, 0.1) is 19.1 Å². The first-order valence-electron chi connectivity index (χ1n) is 11.0. The molecule has 0 aromatic heterocycles. The Morgan fingerprint density at radius 2 is 1.71 bits per heavy atom. The van der Waals surface area contributed by atoms with E-state index in [1.807, 2.05) is 31.2 Å². The van der Waals surface area contributed by atoms with Crippen LogP contribution < -0.4 is 14.4 Å². The van der Waals surface area contributed by atoms with Gasteiger partial charge in [0.15, 0.2) is 0 Å². The van der Waals surface area contributed by atoms with Crippen molar-refractivity contribution in [2.45, 2.75) is 39.3 Å². The van der Waals surface area contributed by atoms with E-state index in [-0.39, 0.29) is 31.3 Å². The van der Waals surface area contributed by atoms with Gasteiger partial charge >= 0.3 is 0 Å². The first kappa shape index (κ1) is 27.7. The van der Waals surface area contributed by atoms with Crippen LogP contribution in [-0.2, 0) is 26.2 Å². The highest BCUT2D eigenvalue weighted by Gasteiger charge is 2.26. The van der Waals surface area contributed by atoms with Gasteiger partial charge in [-0.25, -0.2) is 8.42 Å². The maximum Gasteiger partial charge on any atom is 0.242 e. The fourth-order valence-electron chi connectivity index (χ4n) is 3.44. The quantitative estimate of drug-likeness (QED) is 0.433. The Hall–Kier alpha value is -2.59. The molecule has 2 rings (SSSR count). The Labute approximate surface area is 210 Å². The minimum Gasteiger partial charge on any atom is -0.497 e. The van der Waals surface area contributed by atoms with E-state index in [1.54, 1.807) is 31.2 Å². The van der Waals surface area contributed by atoms with Crippen molar-refractivity contribution in [3.63, 3.8) is 0 Å². The van der Waals surface area contributed by atoms with Crippen LogP contribution in [0.1, 0.15) is 32.3 Å². The number of nitrogens with zero attached hydrogens (tertiary/aromatic N) is 2. The van der Waals surface area contributed by atoms with Crippen LogP contribution in [0.2, 0.25) is 0 Å². The third-order valence-electron chi connectivity index (χ3n) is 5.30. The van der Waals surface area contributed by atoms with Crippen molar-refractivity contribution in [3.8, 4) is 5.75 Å². The second-order valence-electron chi connectivity index (χ2n) is 7.86. The maximum absolute atomic E-state index is 13.2. The van der Waals surface area contributed by atoms with E-state index in [9.17, 15) is 18.0 Å². The summed E-state index contributed by atoms with van der Waals surface area (Å²) in [5.74, 6) is 0.170. The molecule has 8 nitrogen and oxygen atoms in total. The molecule has 1 N–H and O–H groups in total. The molecule has 0 aliphatic rings. The minimum absolute atomic E-state index is 0.0997. The molecule has 2 aromatic carbocycles. The van der Waals surface area contributed by atoms with Crippen LogP contribution in [0.5, 0.6) is 5.75 Å². The molecule has 0 spiro atoms. The average Bonchev–Trinajstić information content (AvgIpc) is 2.80. The number of benzene rings is 2. The number of hydrogen-bond donors (Lipinski definition) is 1. The highest BCUT2D eigenvalue weighted by atomic mass is 79.9. The predicted molar refractivity (Wildman–Crippen MR) is 137 cm³/mol. The van der Waals surface area contributed by atoms with Crippen molar-refractivity contribution in [3.05, 3.63) is 58.6 Å². The molecular formula is C24H32BrN3O5S. The molecule has 0 saturated heterocycles. The minimum atomic E-state index is -3.55. The Morgan fingerprint density at radius 1 is 1.09 bits per heavy atom. The predicted octanol–water partition coefficient (Wildman–Crippen LogP) is 3.56. The van der Waals surface area contributed by atoms with Crippen molar-refractivity contribution >= 4 is 43.5 Å². The monoisotopic (exact) mass is 553 g/mol. The summed E-state index contributed by atoms with van der Waals surface area (Å²) >= 11 is 3.40. The molecule has 0 heterocycles. The van der Waals surface area contributed by atoms with Gasteiger partial charge in [-0.2, -0.15) is 0 Å². The zero-order valence-corrected chi connectivity index (χ0v) is 22.4. The molecule has 186 valence electrons. The van der Waals surface area contributed by atoms with Gasteiger partial charge in [-0.3, -0.25) is 13.9 Å². The van der Waals surface area contributed by atoms with Gasteiger partial charge < -0.3 is 15.0 Å². The number of likely N-dealkylation sites (N-methyl/N-ethyl adjacent to an activating group) is 1. The fourth-order valence-corrected chi connectivity index (χ4v) is 4.67. The normalized spacial score (nSPS) is 12.0. The molecular weight excluding hydrogens is 522 g/mol. The van der Waals surface area contributed by atoms with Gasteiger partial charge in [-0.05, 0) is 62.2 Å². The Morgan fingerprint density at radius 3 is 2.24 bits per heavy atom. The van der Waals surface area contributed by atoms with Crippen LogP contribution >= 0.6 is 15.9 Å². The molecule has 0 unspecified atom stereocenters. The van der Waals surface area contributed by atoms with E-state index in [4.69, 9.17) is 4.74 Å². The lowest BCUT2D eigenvalue weighted by atomic mass is 10.1. The van der Waals surface area contributed by atoms with Crippen molar-refractivity contribution < 1.29 is 22.7 Å². The standard InChI is InChI=1S/C24H32BrN3O5S/c1-5-26-24(30)18(2)27(17-19-8-10-20(25)11-9-19)23(29)7-6-16-28(34(4,31)32)21-12-14-22(33-3)15-13-21/h8-15,18H,5-7,16-17H2,1-4H3,(H,26,30)/t18-/m0/s1. The number of halogens is 1. The summed E-state index contributed by atoms with van der Waals surface area (Å²) in [6.07, 6.45) is 1.54. The lowest BCUT2D eigenvalue weighted by Crippen LogP contribution is -2.47. The zero-order valence-electron chi connectivity index (χ0n) is 20.0. The third kappa shape index (κ3) is 8.02. The van der Waals surface area contributed by atoms with Crippen molar-refractivity contribution in [1.82, 2.24) is 10.2 Å². The van der Waals surface area contributed by atoms with Crippen molar-refractivity contribution in [2.75, 3.05) is 30.8 Å². The molecule has 34 heavy (non-hydrogen) atoms. The second kappa shape index (κ2) is 12.8. The Kier molecular flexibility index (Phi) is 10.4. The van der Waals surface area contributed by atoms with Crippen molar-refractivity contribution in [1.29, 1.82) is 0 Å². The first-order chi connectivity index (χ1) is 16.1. The summed E-state index contributed by atoms with van der Waals surface area (Å²) in [5.41, 5.74) is 1.39. The number of carbonyl (C=O) groups excluding carboxylic acids is 2. The highest BCUT2D eigenvalue weighted by molar-refractivity contribution is 9.10. The highest BCUT2D eigenvalue weighted by Crippen LogP contribution is 2.22. The molecule has 0 aliphatic carbocycles. The van der Waals surface area contributed by atoms with Crippen LogP contribution in [0.25, 0.3) is 0 Å². The number of nitrogens with one attached hydrogen (secondary N) is 1. The number of anilines is 1. The van der Waals surface area contributed by atoms with Gasteiger partial charge in [-0.15, -0.1) is 0 Å². The number of methoxy groups -OCH3 is 1. The molecule has 0 fully saturated rings. The topological polar surface area (TPSA) is 96.0 Å². The summed E-state index contributed by atoms with van der Waals surface area (Å²) in [5, 5.41) is 2.76. The number of rotatable bonds is 12. The van der Waals surface area contributed by atoms with Gasteiger partial charge in [0.2, 0.25) is 21.8 Å². The maximum atomic E-state index is 13.2. The first-order valence-corrected chi connectivity index (χ1v) is 13.6. The van der Waals surface area contributed by atoms with Crippen LogP contribution in [0.15, 0.2) is 53.0 Å². The molecule has 2 aromatic rings. The molecule has 10 heteroatoms. The van der Waals surface area contributed by atoms with Gasteiger partial charge in [0.25, 0.3) is 0 Å². The average molecular weight is 555 g/mol. The van der Waals surface area contributed by atoms with Gasteiger partial charge in [0.1, 0.15) is 11.8 Å². The molecule has 0 bridgehead atoms. The van der Waals surface area contributed by atoms with E-state index in [0.29, 0.717) is 24.4 Å². The number of sulfonamides is 1. The van der Waals surface area contributed by atoms with E-state index >= 15 is 0 Å². The number of amides is 2. The summed E-state index contributed by atoms with van der Waals surface area (Å²) in [4.78, 5) is 27.2. The summed E-state index contributed by atoms with van der Waals surface area (Å²) in [6.45, 7) is 4.40. The number of ether oxygens (including phenoxy) is 1. The van der Waals surface area contributed by atoms with Gasteiger partial charge in [-0.1, -0.05) is 28.1 Å². The summed E-state index contributed by atoms with van der Waals surface area (Å²) in [6, 6.07) is 13.6. The third-order valence-corrected chi connectivity index (χ3v) is 7.02. The van der Waals surface area contributed by atoms with E-state index in [1.165, 1.54) is 16.3 Å². The Bertz CT molecular complexity index is 1060. The van der Waals surface area contributed by atoms with Gasteiger partial charge in [0, 0.05) is 30.5 Å². The van der Waals surface area contributed by atoms with Crippen LogP contribution in [-0.4, -0.2) is 57.6 Å². The molecule has 0 aliphatic heterocycles. The summed E-state index contributed by atoms with van der Waals surface area (Å²) in [7, 11) is -2.01. The lowest BCUT2D eigenvalue weighted by molar-refractivity contribution is -0.140. The Balaban J connectivity index is 2.13. The van der Waals surface area contributed by atoms with Crippen molar-refractivity contribution in [2.24, 2.45) is 0 Å². The molecule has 0 radical (unpaired) electrons. The SMILES string of the molecule is CCNC(=O)[C@H](C)N(Cc1ccc(Br)cc1)C(=O)CCCN(c1ccc(OC)cc1)S(C)(=O)=O. The van der Waals surface area contributed by atoms with E-state index in [2.05, 4.69) is 21.2 Å². The largest absolute Gasteiger partial charge is 0.497 e. The van der Waals surface area contributed by atoms with E-state index in [0.717, 1.165) is 16.3 Å². The van der Waals surface area contributed by atoms with Crippen LogP contribution in [0, 0.1) is 0 Å². The molecule has 2 amide bonds. The lowest BCUT2D eigenvalue weighted by Gasteiger charge is -2.29. The summed E-state index contributed by atoms with van der Waals surface area (Å²) < 4.78 is 32.1. The molecule has 1 atom stereocenters. The number of carbonyl (C=O) groups is 2.